The summed E-state index contributed by atoms with van der Waals surface area (Å²) in [7, 11) is 1.91. The molecule has 1 atom stereocenters. The number of hydrogen-bond acceptors (Lipinski definition) is 4. The SMILES string of the molecule is Cc1nn(C)cc1C(C)NC(=O)c1cc2c(s1)N(CC(C)C)CCCC2. The third-order valence-corrected chi connectivity index (χ3v) is 6.11. The molecule has 3 heterocycles. The Morgan fingerprint density at radius 3 is 2.77 bits per heavy atom. The molecular weight excluding hydrogens is 344 g/mol. The molecule has 6 heteroatoms. The number of aryl methyl sites for hydroxylation is 3. The summed E-state index contributed by atoms with van der Waals surface area (Å²) in [6.45, 7) is 10.7. The lowest BCUT2D eigenvalue weighted by Gasteiger charge is -2.24. The first-order valence-corrected chi connectivity index (χ1v) is 10.4. The van der Waals surface area contributed by atoms with Crippen molar-refractivity contribution in [3.8, 4) is 0 Å². The minimum Gasteiger partial charge on any atom is -0.363 e. The van der Waals surface area contributed by atoms with Crippen molar-refractivity contribution in [2.24, 2.45) is 13.0 Å². The van der Waals surface area contributed by atoms with Crippen LogP contribution in [0.4, 0.5) is 5.00 Å². The van der Waals surface area contributed by atoms with Gasteiger partial charge in [0, 0.05) is 31.9 Å². The van der Waals surface area contributed by atoms with Gasteiger partial charge >= 0.3 is 0 Å². The fraction of sp³-hybridized carbons (Fsp3) is 0.600. The Bertz CT molecular complexity index is 777. The first-order valence-electron chi connectivity index (χ1n) is 9.53. The second-order valence-corrected chi connectivity index (χ2v) is 8.81. The van der Waals surface area contributed by atoms with Gasteiger partial charge in [-0.2, -0.15) is 5.10 Å². The van der Waals surface area contributed by atoms with Gasteiger partial charge in [-0.15, -0.1) is 11.3 Å². The van der Waals surface area contributed by atoms with Crippen LogP contribution in [-0.4, -0.2) is 28.8 Å². The summed E-state index contributed by atoms with van der Waals surface area (Å²) in [5.41, 5.74) is 3.37. The summed E-state index contributed by atoms with van der Waals surface area (Å²) in [5.74, 6) is 0.636. The van der Waals surface area contributed by atoms with Crippen molar-refractivity contribution >= 4 is 22.2 Å². The van der Waals surface area contributed by atoms with E-state index < -0.39 is 0 Å². The van der Waals surface area contributed by atoms with Crippen LogP contribution in [0.25, 0.3) is 0 Å². The standard InChI is InChI=1S/C20H30N4OS/c1-13(2)11-24-9-7-6-8-16-10-18(26-20(16)24)19(25)21-14(3)17-12-23(5)22-15(17)4/h10,12-14H,6-9,11H2,1-5H3,(H,21,25). The summed E-state index contributed by atoms with van der Waals surface area (Å²) in [5, 5.41) is 8.82. The van der Waals surface area contributed by atoms with Crippen LogP contribution in [0.3, 0.4) is 0 Å². The zero-order valence-corrected chi connectivity index (χ0v) is 17.3. The number of nitrogens with zero attached hydrogens (tertiary/aromatic N) is 3. The maximum Gasteiger partial charge on any atom is 0.261 e. The number of fused-ring (bicyclic) bond motifs is 1. The lowest BCUT2D eigenvalue weighted by atomic mass is 10.1. The van der Waals surface area contributed by atoms with E-state index in [0.29, 0.717) is 5.92 Å². The lowest BCUT2D eigenvalue weighted by Crippen LogP contribution is -2.27. The largest absolute Gasteiger partial charge is 0.363 e. The van der Waals surface area contributed by atoms with E-state index >= 15 is 0 Å². The van der Waals surface area contributed by atoms with Gasteiger partial charge in [0.2, 0.25) is 0 Å². The second kappa shape index (κ2) is 7.82. The quantitative estimate of drug-likeness (QED) is 0.858. The summed E-state index contributed by atoms with van der Waals surface area (Å²) < 4.78 is 1.80. The molecule has 0 fully saturated rings. The molecule has 2 aromatic heterocycles. The molecule has 1 amide bonds. The number of amides is 1. The second-order valence-electron chi connectivity index (χ2n) is 7.78. The van der Waals surface area contributed by atoms with Gasteiger partial charge in [0.25, 0.3) is 5.91 Å². The minimum atomic E-state index is -0.0510. The molecule has 1 aliphatic heterocycles. The number of thiophene rings is 1. The van der Waals surface area contributed by atoms with Crippen molar-refractivity contribution < 1.29 is 4.79 Å². The monoisotopic (exact) mass is 374 g/mol. The Labute approximate surface area is 160 Å². The molecule has 2 aromatic rings. The summed E-state index contributed by atoms with van der Waals surface area (Å²) in [6.07, 6.45) is 5.48. The molecule has 0 saturated carbocycles. The number of anilines is 1. The summed E-state index contributed by atoms with van der Waals surface area (Å²) in [6, 6.07) is 2.06. The van der Waals surface area contributed by atoms with Crippen molar-refractivity contribution in [2.75, 3.05) is 18.0 Å². The van der Waals surface area contributed by atoms with Gasteiger partial charge in [0.1, 0.15) is 0 Å². The lowest BCUT2D eigenvalue weighted by molar-refractivity contribution is 0.0944. The molecule has 142 valence electrons. The van der Waals surface area contributed by atoms with E-state index in [-0.39, 0.29) is 11.9 Å². The number of nitrogens with one attached hydrogen (secondary N) is 1. The Hall–Kier alpha value is -1.82. The van der Waals surface area contributed by atoms with Crippen LogP contribution < -0.4 is 10.2 Å². The Kier molecular flexibility index (Phi) is 5.70. The van der Waals surface area contributed by atoms with Gasteiger partial charge in [-0.1, -0.05) is 13.8 Å². The van der Waals surface area contributed by atoms with E-state index in [0.717, 1.165) is 35.6 Å². The van der Waals surface area contributed by atoms with Gasteiger partial charge in [-0.25, -0.2) is 0 Å². The topological polar surface area (TPSA) is 50.2 Å². The van der Waals surface area contributed by atoms with Gasteiger partial charge < -0.3 is 10.2 Å². The van der Waals surface area contributed by atoms with Crippen LogP contribution in [0.2, 0.25) is 0 Å². The van der Waals surface area contributed by atoms with Gasteiger partial charge in [0.15, 0.2) is 0 Å². The van der Waals surface area contributed by atoms with E-state index in [4.69, 9.17) is 0 Å². The van der Waals surface area contributed by atoms with E-state index in [1.165, 1.54) is 23.4 Å². The van der Waals surface area contributed by atoms with Gasteiger partial charge in [-0.05, 0) is 50.7 Å². The van der Waals surface area contributed by atoms with E-state index in [2.05, 4.69) is 35.2 Å². The predicted molar refractivity (Wildman–Crippen MR) is 108 cm³/mol. The highest BCUT2D eigenvalue weighted by molar-refractivity contribution is 7.18. The molecule has 0 saturated heterocycles. The normalized spacial score (nSPS) is 15.7. The molecule has 3 rings (SSSR count). The summed E-state index contributed by atoms with van der Waals surface area (Å²) >= 11 is 1.65. The average Bonchev–Trinajstić information content (AvgIpc) is 3.08. The highest BCUT2D eigenvalue weighted by Gasteiger charge is 2.23. The molecular formula is C20H30N4OS. The number of rotatable bonds is 5. The fourth-order valence-electron chi connectivity index (χ4n) is 3.70. The van der Waals surface area contributed by atoms with Crippen LogP contribution in [0.1, 0.15) is 66.1 Å². The Balaban J connectivity index is 1.77. The van der Waals surface area contributed by atoms with Crippen LogP contribution in [0, 0.1) is 12.8 Å². The molecule has 0 bridgehead atoms. The van der Waals surface area contributed by atoms with E-state index in [1.54, 1.807) is 16.0 Å². The molecule has 0 aliphatic carbocycles. The zero-order chi connectivity index (χ0) is 18.8. The van der Waals surface area contributed by atoms with Crippen molar-refractivity contribution in [1.82, 2.24) is 15.1 Å². The van der Waals surface area contributed by atoms with Crippen LogP contribution >= 0.6 is 11.3 Å². The predicted octanol–water partition coefficient (Wildman–Crippen LogP) is 4.08. The first-order chi connectivity index (χ1) is 12.3. The minimum absolute atomic E-state index is 0.0170. The van der Waals surface area contributed by atoms with Crippen molar-refractivity contribution in [3.63, 3.8) is 0 Å². The van der Waals surface area contributed by atoms with Crippen molar-refractivity contribution in [3.05, 3.63) is 34.0 Å². The van der Waals surface area contributed by atoms with Crippen LogP contribution in [-0.2, 0) is 13.5 Å². The highest BCUT2D eigenvalue weighted by Crippen LogP contribution is 2.36. The molecule has 1 N–H and O–H groups in total. The molecule has 0 aromatic carbocycles. The zero-order valence-electron chi connectivity index (χ0n) is 16.5. The number of carbonyl (C=O) groups excluding carboxylic acids is 1. The molecule has 5 nitrogen and oxygen atoms in total. The first kappa shape index (κ1) is 19.0. The van der Waals surface area contributed by atoms with Gasteiger partial charge in [-0.3, -0.25) is 9.48 Å². The van der Waals surface area contributed by atoms with Crippen LogP contribution in [0.5, 0.6) is 0 Å². The maximum atomic E-state index is 12.8. The van der Waals surface area contributed by atoms with Crippen molar-refractivity contribution in [1.29, 1.82) is 0 Å². The summed E-state index contributed by atoms with van der Waals surface area (Å²) in [4.78, 5) is 16.1. The number of hydrogen-bond donors (Lipinski definition) is 1. The average molecular weight is 375 g/mol. The number of carbonyl (C=O) groups is 1. The third-order valence-electron chi connectivity index (χ3n) is 4.87. The number of aromatic nitrogens is 2. The Morgan fingerprint density at radius 1 is 1.35 bits per heavy atom. The third kappa shape index (κ3) is 4.11. The van der Waals surface area contributed by atoms with E-state index in [9.17, 15) is 4.79 Å². The molecule has 26 heavy (non-hydrogen) atoms. The van der Waals surface area contributed by atoms with E-state index in [1.807, 2.05) is 27.1 Å². The fourth-order valence-corrected chi connectivity index (χ4v) is 4.85. The van der Waals surface area contributed by atoms with Crippen LogP contribution in [0.15, 0.2) is 12.3 Å². The molecule has 0 spiro atoms. The maximum absolute atomic E-state index is 12.8. The smallest absolute Gasteiger partial charge is 0.261 e. The highest BCUT2D eigenvalue weighted by atomic mass is 32.1. The van der Waals surface area contributed by atoms with Crippen molar-refractivity contribution in [2.45, 2.75) is 53.0 Å². The molecule has 0 radical (unpaired) electrons. The molecule has 1 unspecified atom stereocenters. The Morgan fingerprint density at radius 2 is 2.12 bits per heavy atom. The van der Waals surface area contributed by atoms with Gasteiger partial charge in [0.05, 0.1) is 21.6 Å². The molecule has 1 aliphatic rings.